The molecule has 1 atom stereocenters. The second kappa shape index (κ2) is 5.27. The minimum atomic E-state index is 0.287. The van der Waals surface area contributed by atoms with Crippen LogP contribution in [-0.4, -0.2) is 29.8 Å². The molecule has 4 heteroatoms. The standard InChI is InChI=1S/C12H19N3O/c13-7-11-1-4-14-8-12(11)15-5-2-10(9-15)3-6-16/h1,4,8,10,16H,2-3,5-7,9,13H2. The molecular formula is C12H19N3O. The van der Waals surface area contributed by atoms with Crippen molar-refractivity contribution < 1.29 is 5.11 Å². The van der Waals surface area contributed by atoms with Gasteiger partial charge in [0.2, 0.25) is 0 Å². The van der Waals surface area contributed by atoms with E-state index in [1.165, 1.54) is 0 Å². The quantitative estimate of drug-likeness (QED) is 0.787. The molecule has 16 heavy (non-hydrogen) atoms. The number of nitrogens with zero attached hydrogens (tertiary/aromatic N) is 2. The highest BCUT2D eigenvalue weighted by molar-refractivity contribution is 5.52. The summed E-state index contributed by atoms with van der Waals surface area (Å²) in [5.74, 6) is 0.607. The molecular weight excluding hydrogens is 202 g/mol. The summed E-state index contributed by atoms with van der Waals surface area (Å²) in [6, 6.07) is 1.98. The van der Waals surface area contributed by atoms with Crippen LogP contribution in [0.3, 0.4) is 0 Å². The van der Waals surface area contributed by atoms with E-state index in [0.29, 0.717) is 12.5 Å². The Hall–Kier alpha value is -1.13. The number of hydrogen-bond donors (Lipinski definition) is 2. The van der Waals surface area contributed by atoms with Gasteiger partial charge in [-0.2, -0.15) is 0 Å². The second-order valence-corrected chi connectivity index (χ2v) is 4.32. The largest absolute Gasteiger partial charge is 0.396 e. The fourth-order valence-electron chi connectivity index (χ4n) is 2.34. The lowest BCUT2D eigenvalue weighted by atomic mass is 10.1. The van der Waals surface area contributed by atoms with Gasteiger partial charge in [0, 0.05) is 32.4 Å². The van der Waals surface area contributed by atoms with Crippen LogP contribution in [0.1, 0.15) is 18.4 Å². The van der Waals surface area contributed by atoms with E-state index in [9.17, 15) is 0 Å². The monoisotopic (exact) mass is 221 g/mol. The first-order chi connectivity index (χ1) is 7.85. The van der Waals surface area contributed by atoms with Crippen molar-refractivity contribution in [2.24, 2.45) is 11.7 Å². The highest BCUT2D eigenvalue weighted by atomic mass is 16.3. The topological polar surface area (TPSA) is 62.4 Å². The highest BCUT2D eigenvalue weighted by Crippen LogP contribution is 2.27. The van der Waals surface area contributed by atoms with Crippen LogP contribution in [-0.2, 0) is 6.54 Å². The zero-order valence-corrected chi connectivity index (χ0v) is 9.47. The fourth-order valence-corrected chi connectivity index (χ4v) is 2.34. The van der Waals surface area contributed by atoms with Crippen LogP contribution in [0.2, 0.25) is 0 Å². The van der Waals surface area contributed by atoms with E-state index in [1.807, 2.05) is 12.3 Å². The van der Waals surface area contributed by atoms with Gasteiger partial charge in [0.15, 0.2) is 0 Å². The molecule has 1 unspecified atom stereocenters. The maximum atomic E-state index is 8.93. The van der Waals surface area contributed by atoms with Gasteiger partial charge >= 0.3 is 0 Å². The molecule has 1 aliphatic heterocycles. The van der Waals surface area contributed by atoms with Crippen molar-refractivity contribution in [2.75, 3.05) is 24.6 Å². The van der Waals surface area contributed by atoms with Crippen molar-refractivity contribution >= 4 is 5.69 Å². The van der Waals surface area contributed by atoms with E-state index in [4.69, 9.17) is 10.8 Å². The predicted octanol–water partition coefficient (Wildman–Crippen LogP) is 0.749. The van der Waals surface area contributed by atoms with Gasteiger partial charge in [-0.25, -0.2) is 0 Å². The number of hydrogen-bond acceptors (Lipinski definition) is 4. The molecule has 1 fully saturated rings. The first-order valence-electron chi connectivity index (χ1n) is 5.84. The number of anilines is 1. The Labute approximate surface area is 96.1 Å². The summed E-state index contributed by atoms with van der Waals surface area (Å²) < 4.78 is 0. The third-order valence-corrected chi connectivity index (χ3v) is 3.27. The third-order valence-electron chi connectivity index (χ3n) is 3.27. The Morgan fingerprint density at radius 2 is 2.44 bits per heavy atom. The van der Waals surface area contributed by atoms with Crippen LogP contribution in [0.5, 0.6) is 0 Å². The molecule has 0 aromatic carbocycles. The SMILES string of the molecule is NCc1ccncc1N1CCC(CCO)C1. The van der Waals surface area contributed by atoms with Crippen molar-refractivity contribution in [2.45, 2.75) is 19.4 Å². The van der Waals surface area contributed by atoms with Gasteiger partial charge < -0.3 is 15.7 Å². The summed E-state index contributed by atoms with van der Waals surface area (Å²) >= 11 is 0. The number of rotatable bonds is 4. The van der Waals surface area contributed by atoms with Gasteiger partial charge in [-0.05, 0) is 30.4 Å². The Morgan fingerprint density at radius 1 is 1.56 bits per heavy atom. The van der Waals surface area contributed by atoms with Crippen LogP contribution in [0, 0.1) is 5.92 Å². The van der Waals surface area contributed by atoms with E-state index in [-0.39, 0.29) is 6.61 Å². The maximum Gasteiger partial charge on any atom is 0.0598 e. The van der Waals surface area contributed by atoms with Gasteiger partial charge in [-0.15, -0.1) is 0 Å². The molecule has 88 valence electrons. The molecule has 3 N–H and O–H groups in total. The predicted molar refractivity (Wildman–Crippen MR) is 64.2 cm³/mol. The number of aliphatic hydroxyl groups excluding tert-OH is 1. The Bertz CT molecular complexity index is 343. The first-order valence-corrected chi connectivity index (χ1v) is 5.84. The van der Waals surface area contributed by atoms with Gasteiger partial charge in [-0.1, -0.05) is 0 Å². The second-order valence-electron chi connectivity index (χ2n) is 4.32. The third kappa shape index (κ3) is 2.33. The smallest absolute Gasteiger partial charge is 0.0598 e. The Balaban J connectivity index is 2.08. The molecule has 0 bridgehead atoms. The lowest BCUT2D eigenvalue weighted by Gasteiger charge is -2.21. The molecule has 2 heterocycles. The fraction of sp³-hybridized carbons (Fsp3) is 0.583. The zero-order valence-electron chi connectivity index (χ0n) is 9.47. The van der Waals surface area contributed by atoms with Crippen LogP contribution in [0.25, 0.3) is 0 Å². The molecule has 0 amide bonds. The summed E-state index contributed by atoms with van der Waals surface area (Å²) in [6.45, 7) is 2.90. The zero-order chi connectivity index (χ0) is 11.4. The normalized spacial score (nSPS) is 20.4. The average molecular weight is 221 g/mol. The minimum absolute atomic E-state index is 0.287. The van der Waals surface area contributed by atoms with Crippen molar-refractivity contribution in [3.8, 4) is 0 Å². The molecule has 2 rings (SSSR count). The van der Waals surface area contributed by atoms with Crippen LogP contribution >= 0.6 is 0 Å². The lowest BCUT2D eigenvalue weighted by Crippen LogP contribution is -2.22. The number of aliphatic hydroxyl groups is 1. The molecule has 1 aromatic heterocycles. The van der Waals surface area contributed by atoms with Gasteiger partial charge in [0.25, 0.3) is 0 Å². The summed E-state index contributed by atoms with van der Waals surface area (Å²) in [5, 5.41) is 8.93. The lowest BCUT2D eigenvalue weighted by molar-refractivity contribution is 0.263. The van der Waals surface area contributed by atoms with E-state index in [1.54, 1.807) is 6.20 Å². The van der Waals surface area contributed by atoms with Crippen LogP contribution in [0.4, 0.5) is 5.69 Å². The van der Waals surface area contributed by atoms with E-state index in [0.717, 1.165) is 37.2 Å². The summed E-state index contributed by atoms with van der Waals surface area (Å²) in [5.41, 5.74) is 8.03. The molecule has 0 saturated carbocycles. The van der Waals surface area contributed by atoms with Gasteiger partial charge in [0.05, 0.1) is 11.9 Å². The van der Waals surface area contributed by atoms with Crippen LogP contribution in [0.15, 0.2) is 18.5 Å². The Morgan fingerprint density at radius 3 is 3.19 bits per heavy atom. The van der Waals surface area contributed by atoms with Crippen molar-refractivity contribution in [3.63, 3.8) is 0 Å². The van der Waals surface area contributed by atoms with Gasteiger partial charge in [0.1, 0.15) is 0 Å². The van der Waals surface area contributed by atoms with E-state index >= 15 is 0 Å². The van der Waals surface area contributed by atoms with Gasteiger partial charge in [-0.3, -0.25) is 4.98 Å². The maximum absolute atomic E-state index is 8.93. The Kier molecular flexibility index (Phi) is 3.74. The molecule has 0 aliphatic carbocycles. The van der Waals surface area contributed by atoms with Crippen molar-refractivity contribution in [3.05, 3.63) is 24.0 Å². The van der Waals surface area contributed by atoms with Crippen molar-refractivity contribution in [1.82, 2.24) is 4.98 Å². The molecule has 0 spiro atoms. The molecule has 1 saturated heterocycles. The first kappa shape index (κ1) is 11.4. The highest BCUT2D eigenvalue weighted by Gasteiger charge is 2.23. The number of pyridine rings is 1. The summed E-state index contributed by atoms with van der Waals surface area (Å²) in [4.78, 5) is 6.49. The summed E-state index contributed by atoms with van der Waals surface area (Å²) in [7, 11) is 0. The molecule has 1 aliphatic rings. The summed E-state index contributed by atoms with van der Waals surface area (Å²) in [6.07, 6.45) is 5.73. The van der Waals surface area contributed by atoms with E-state index in [2.05, 4.69) is 9.88 Å². The average Bonchev–Trinajstić information content (AvgIpc) is 2.78. The molecule has 0 radical (unpaired) electrons. The van der Waals surface area contributed by atoms with Crippen molar-refractivity contribution in [1.29, 1.82) is 0 Å². The van der Waals surface area contributed by atoms with E-state index < -0.39 is 0 Å². The van der Waals surface area contributed by atoms with Crippen LogP contribution < -0.4 is 10.6 Å². The molecule has 4 nitrogen and oxygen atoms in total. The number of nitrogens with two attached hydrogens (primary N) is 1. The minimum Gasteiger partial charge on any atom is -0.396 e. The molecule has 1 aromatic rings. The number of aromatic nitrogens is 1.